The molecule has 0 aliphatic carbocycles. The molecule has 0 saturated carbocycles. The molecule has 0 aromatic heterocycles. The highest BCUT2D eigenvalue weighted by atomic mass is 32.2. The quantitative estimate of drug-likeness (QED) is 0.772. The second-order valence-electron chi connectivity index (χ2n) is 6.13. The number of methoxy groups -OCH3 is 1. The second-order valence-corrected chi connectivity index (χ2v) is 7.98. The van der Waals surface area contributed by atoms with Crippen molar-refractivity contribution in [3.8, 4) is 0 Å². The minimum Gasteiger partial charge on any atom is -0.379 e. The van der Waals surface area contributed by atoms with E-state index in [0.717, 1.165) is 12.1 Å². The van der Waals surface area contributed by atoms with Crippen LogP contribution in [-0.4, -0.2) is 45.6 Å². The van der Waals surface area contributed by atoms with Crippen molar-refractivity contribution in [3.63, 3.8) is 0 Å². The number of benzene rings is 1. The Morgan fingerprint density at radius 1 is 1.27 bits per heavy atom. The molecule has 124 valence electrons. The molecule has 0 amide bonds. The van der Waals surface area contributed by atoms with Gasteiger partial charge in [0.1, 0.15) is 0 Å². The van der Waals surface area contributed by atoms with Gasteiger partial charge in [-0.05, 0) is 30.0 Å². The first-order valence-electron chi connectivity index (χ1n) is 7.78. The fourth-order valence-corrected chi connectivity index (χ4v) is 4.30. The number of aryl methyl sites for hydroxylation is 1. The van der Waals surface area contributed by atoms with Crippen molar-refractivity contribution < 1.29 is 13.2 Å². The van der Waals surface area contributed by atoms with Crippen LogP contribution >= 0.6 is 0 Å². The molecule has 1 aliphatic rings. The summed E-state index contributed by atoms with van der Waals surface area (Å²) in [6, 6.07) is 7.77. The SMILES string of the molecule is CCc1ccc(N(CC(C)C)S(=O)(=O)N2CC(OC)C2)cc1. The van der Waals surface area contributed by atoms with Gasteiger partial charge in [-0.2, -0.15) is 12.7 Å². The number of hydrogen-bond donors (Lipinski definition) is 0. The van der Waals surface area contributed by atoms with Crippen LogP contribution in [0.25, 0.3) is 0 Å². The molecule has 0 N–H and O–H groups in total. The Labute approximate surface area is 134 Å². The smallest absolute Gasteiger partial charge is 0.304 e. The first-order chi connectivity index (χ1) is 10.4. The standard InChI is InChI=1S/C16H26N2O3S/c1-5-14-6-8-15(9-7-14)18(10-13(2)3)22(19,20)17-11-16(12-17)21-4/h6-9,13,16H,5,10-12H2,1-4H3. The van der Waals surface area contributed by atoms with E-state index in [0.29, 0.717) is 19.6 Å². The lowest BCUT2D eigenvalue weighted by atomic mass is 10.1. The lowest BCUT2D eigenvalue weighted by molar-refractivity contribution is 0.0123. The lowest BCUT2D eigenvalue weighted by Gasteiger charge is -2.40. The molecule has 0 radical (unpaired) electrons. The summed E-state index contributed by atoms with van der Waals surface area (Å²) in [4.78, 5) is 0. The van der Waals surface area contributed by atoms with Crippen LogP contribution in [0.4, 0.5) is 5.69 Å². The Bertz CT molecular complexity index is 578. The predicted molar refractivity (Wildman–Crippen MR) is 89.3 cm³/mol. The van der Waals surface area contributed by atoms with Crippen LogP contribution in [0.5, 0.6) is 0 Å². The number of nitrogens with zero attached hydrogens (tertiary/aromatic N) is 2. The minimum atomic E-state index is -3.49. The summed E-state index contributed by atoms with van der Waals surface area (Å²) in [7, 11) is -1.87. The molecule has 1 aliphatic heterocycles. The molecule has 1 fully saturated rings. The highest BCUT2D eigenvalue weighted by Crippen LogP contribution is 2.26. The first-order valence-corrected chi connectivity index (χ1v) is 9.17. The summed E-state index contributed by atoms with van der Waals surface area (Å²) in [5.74, 6) is 0.250. The zero-order valence-corrected chi connectivity index (χ0v) is 14.6. The summed E-state index contributed by atoms with van der Waals surface area (Å²) < 4.78 is 33.9. The highest BCUT2D eigenvalue weighted by molar-refractivity contribution is 7.90. The third kappa shape index (κ3) is 3.62. The molecule has 0 spiro atoms. The largest absolute Gasteiger partial charge is 0.379 e. The molecular formula is C16H26N2O3S. The lowest BCUT2D eigenvalue weighted by Crippen LogP contribution is -2.58. The Hall–Kier alpha value is -1.11. The maximum Gasteiger partial charge on any atom is 0.304 e. The molecule has 22 heavy (non-hydrogen) atoms. The zero-order valence-electron chi connectivity index (χ0n) is 13.8. The molecule has 1 saturated heterocycles. The molecule has 1 heterocycles. The Kier molecular flexibility index (Phi) is 5.47. The van der Waals surface area contributed by atoms with Crippen LogP contribution in [-0.2, 0) is 21.4 Å². The Morgan fingerprint density at radius 2 is 1.86 bits per heavy atom. The monoisotopic (exact) mass is 326 g/mol. The predicted octanol–water partition coefficient (Wildman–Crippen LogP) is 2.29. The van der Waals surface area contributed by atoms with E-state index in [1.807, 2.05) is 38.1 Å². The molecule has 6 heteroatoms. The molecule has 0 unspecified atom stereocenters. The second kappa shape index (κ2) is 6.98. The van der Waals surface area contributed by atoms with Gasteiger partial charge in [-0.25, -0.2) is 0 Å². The van der Waals surface area contributed by atoms with Gasteiger partial charge in [-0.15, -0.1) is 0 Å². The van der Waals surface area contributed by atoms with Crippen LogP contribution in [0.15, 0.2) is 24.3 Å². The number of anilines is 1. The van der Waals surface area contributed by atoms with Crippen molar-refractivity contribution in [2.45, 2.75) is 33.3 Å². The van der Waals surface area contributed by atoms with Gasteiger partial charge in [0.2, 0.25) is 0 Å². The van der Waals surface area contributed by atoms with Crippen LogP contribution in [0.1, 0.15) is 26.3 Å². The van der Waals surface area contributed by atoms with Gasteiger partial charge in [0.05, 0.1) is 11.8 Å². The molecule has 2 rings (SSSR count). The van der Waals surface area contributed by atoms with E-state index in [-0.39, 0.29) is 12.0 Å². The van der Waals surface area contributed by atoms with Gasteiger partial charge >= 0.3 is 10.2 Å². The summed E-state index contributed by atoms with van der Waals surface area (Å²) in [6.07, 6.45) is 0.955. The van der Waals surface area contributed by atoms with Crippen molar-refractivity contribution in [3.05, 3.63) is 29.8 Å². The van der Waals surface area contributed by atoms with Crippen molar-refractivity contribution in [1.82, 2.24) is 4.31 Å². The number of rotatable bonds is 7. The summed E-state index contributed by atoms with van der Waals surface area (Å²) in [5, 5.41) is 0. The fourth-order valence-electron chi connectivity index (χ4n) is 2.44. The van der Waals surface area contributed by atoms with Gasteiger partial charge in [-0.1, -0.05) is 32.9 Å². The Balaban J connectivity index is 2.25. The average Bonchev–Trinajstić information content (AvgIpc) is 2.43. The van der Waals surface area contributed by atoms with E-state index >= 15 is 0 Å². The van der Waals surface area contributed by atoms with Crippen molar-refractivity contribution in [1.29, 1.82) is 0 Å². The van der Waals surface area contributed by atoms with Crippen molar-refractivity contribution >= 4 is 15.9 Å². The molecule has 1 aromatic rings. The van der Waals surface area contributed by atoms with Crippen molar-refractivity contribution in [2.75, 3.05) is 31.0 Å². The van der Waals surface area contributed by atoms with E-state index < -0.39 is 10.2 Å². The van der Waals surface area contributed by atoms with Gasteiger partial charge < -0.3 is 4.74 Å². The molecule has 0 atom stereocenters. The van der Waals surface area contributed by atoms with Crippen LogP contribution < -0.4 is 4.31 Å². The first kappa shape index (κ1) is 17.2. The van der Waals surface area contributed by atoms with E-state index in [1.54, 1.807) is 7.11 Å². The number of hydrogen-bond acceptors (Lipinski definition) is 3. The van der Waals surface area contributed by atoms with Crippen LogP contribution in [0.3, 0.4) is 0 Å². The van der Waals surface area contributed by atoms with E-state index in [4.69, 9.17) is 4.74 Å². The maximum atomic E-state index is 12.9. The maximum absolute atomic E-state index is 12.9. The number of ether oxygens (including phenoxy) is 1. The molecule has 1 aromatic carbocycles. The summed E-state index contributed by atoms with van der Waals surface area (Å²) in [5.41, 5.74) is 1.93. The minimum absolute atomic E-state index is 0.0122. The third-order valence-corrected chi connectivity index (χ3v) is 5.78. The van der Waals surface area contributed by atoms with Gasteiger partial charge in [0.15, 0.2) is 0 Å². The van der Waals surface area contributed by atoms with Crippen LogP contribution in [0.2, 0.25) is 0 Å². The van der Waals surface area contributed by atoms with Crippen LogP contribution in [0, 0.1) is 5.92 Å². The average molecular weight is 326 g/mol. The van der Waals surface area contributed by atoms with E-state index in [1.165, 1.54) is 14.2 Å². The zero-order chi connectivity index (χ0) is 16.3. The Morgan fingerprint density at radius 3 is 2.32 bits per heavy atom. The molecule has 0 bridgehead atoms. The van der Waals surface area contributed by atoms with Crippen molar-refractivity contribution in [2.24, 2.45) is 5.92 Å². The third-order valence-electron chi connectivity index (χ3n) is 3.92. The topological polar surface area (TPSA) is 49.9 Å². The van der Waals surface area contributed by atoms with Gasteiger partial charge in [0, 0.05) is 26.7 Å². The highest BCUT2D eigenvalue weighted by Gasteiger charge is 2.39. The van der Waals surface area contributed by atoms with E-state index in [2.05, 4.69) is 6.92 Å². The summed E-state index contributed by atoms with van der Waals surface area (Å²) in [6.45, 7) is 7.47. The molecule has 5 nitrogen and oxygen atoms in total. The fraction of sp³-hybridized carbons (Fsp3) is 0.625. The summed E-state index contributed by atoms with van der Waals surface area (Å²) >= 11 is 0. The van der Waals surface area contributed by atoms with Gasteiger partial charge in [-0.3, -0.25) is 4.31 Å². The molecular weight excluding hydrogens is 300 g/mol. The van der Waals surface area contributed by atoms with Gasteiger partial charge in [0.25, 0.3) is 0 Å². The van der Waals surface area contributed by atoms with E-state index in [9.17, 15) is 8.42 Å². The normalized spacial score (nSPS) is 16.8.